The van der Waals surface area contributed by atoms with Crippen LogP contribution in [0.15, 0.2) is 35.2 Å². The zero-order chi connectivity index (χ0) is 14.9. The lowest BCUT2D eigenvalue weighted by atomic mass is 10.1. The van der Waals surface area contributed by atoms with E-state index in [1.807, 2.05) is 0 Å². The summed E-state index contributed by atoms with van der Waals surface area (Å²) in [7, 11) is -3.88. The molecule has 0 aliphatic heterocycles. The fraction of sp³-hybridized carbons (Fsp3) is 0.250. The molecule has 1 aliphatic rings. The summed E-state index contributed by atoms with van der Waals surface area (Å²) < 4.78 is 39.5. The van der Waals surface area contributed by atoms with Crippen molar-refractivity contribution < 1.29 is 22.7 Å². The fourth-order valence-corrected chi connectivity index (χ4v) is 3.36. The highest BCUT2D eigenvalue weighted by atomic mass is 35.5. The number of rotatable bonds is 4. The summed E-state index contributed by atoms with van der Waals surface area (Å²) in [6.07, 6.45) is 3.07. The van der Waals surface area contributed by atoms with Crippen molar-refractivity contribution in [2.45, 2.75) is 17.4 Å². The molecule has 0 radical (unpaired) electrons. The molecular weight excluding hydrogens is 309 g/mol. The summed E-state index contributed by atoms with van der Waals surface area (Å²) in [5.74, 6) is -2.43. The maximum Gasteiger partial charge on any atom is 0.310 e. The molecule has 2 unspecified atom stereocenters. The first-order valence-corrected chi connectivity index (χ1v) is 7.54. The first-order valence-electron chi connectivity index (χ1n) is 5.68. The topological polar surface area (TPSA) is 83.5 Å². The Kier molecular flexibility index (Phi) is 4.12. The average Bonchev–Trinajstić information content (AvgIpc) is 2.80. The molecule has 0 amide bonds. The van der Waals surface area contributed by atoms with E-state index in [1.165, 1.54) is 12.2 Å². The summed E-state index contributed by atoms with van der Waals surface area (Å²) >= 11 is 5.54. The lowest BCUT2D eigenvalue weighted by Gasteiger charge is -2.13. The summed E-state index contributed by atoms with van der Waals surface area (Å²) in [5.41, 5.74) is 0. The Labute approximate surface area is 120 Å². The molecule has 20 heavy (non-hydrogen) atoms. The molecule has 1 aromatic rings. The van der Waals surface area contributed by atoms with E-state index in [4.69, 9.17) is 16.7 Å². The number of carboxylic acid groups (broad SMARTS) is 1. The summed E-state index contributed by atoms with van der Waals surface area (Å²) in [6.45, 7) is 0. The van der Waals surface area contributed by atoms with E-state index in [0.29, 0.717) is 0 Å². The predicted octanol–water partition coefficient (Wildman–Crippen LogP) is 1.79. The Morgan fingerprint density at radius 3 is 2.65 bits per heavy atom. The minimum atomic E-state index is -3.88. The van der Waals surface area contributed by atoms with E-state index >= 15 is 0 Å². The van der Waals surface area contributed by atoms with Crippen molar-refractivity contribution >= 4 is 27.6 Å². The molecular formula is C12H11ClFNO4S. The maximum absolute atomic E-state index is 13.0. The molecule has 1 aliphatic carbocycles. The van der Waals surface area contributed by atoms with Crippen molar-refractivity contribution in [3.8, 4) is 0 Å². The normalized spacial score (nSPS) is 22.1. The number of carboxylic acids is 1. The van der Waals surface area contributed by atoms with Crippen molar-refractivity contribution in [2.24, 2.45) is 5.92 Å². The highest BCUT2D eigenvalue weighted by molar-refractivity contribution is 7.89. The van der Waals surface area contributed by atoms with Gasteiger partial charge in [0.05, 0.1) is 15.8 Å². The quantitative estimate of drug-likeness (QED) is 0.829. The third kappa shape index (κ3) is 3.17. The van der Waals surface area contributed by atoms with Gasteiger partial charge in [-0.2, -0.15) is 0 Å². The molecule has 0 heterocycles. The van der Waals surface area contributed by atoms with E-state index < -0.39 is 33.8 Å². The van der Waals surface area contributed by atoms with Crippen LogP contribution in [0.4, 0.5) is 4.39 Å². The lowest BCUT2D eigenvalue weighted by Crippen LogP contribution is -2.33. The molecule has 5 nitrogen and oxygen atoms in total. The highest BCUT2D eigenvalue weighted by Crippen LogP contribution is 2.22. The SMILES string of the molecule is O=C(O)C1C=CC(NS(=O)(=O)c2ccc(F)c(Cl)c2)C1. The fourth-order valence-electron chi connectivity index (χ4n) is 1.88. The second-order valence-corrected chi connectivity index (χ2v) is 6.49. The van der Waals surface area contributed by atoms with Gasteiger partial charge in [-0.3, -0.25) is 4.79 Å². The summed E-state index contributed by atoms with van der Waals surface area (Å²) in [6, 6.07) is 2.45. The average molecular weight is 320 g/mol. The maximum atomic E-state index is 13.0. The second-order valence-electron chi connectivity index (χ2n) is 4.37. The zero-order valence-electron chi connectivity index (χ0n) is 10.1. The van der Waals surface area contributed by atoms with Crippen LogP contribution in [-0.4, -0.2) is 25.5 Å². The van der Waals surface area contributed by atoms with Gasteiger partial charge in [0.15, 0.2) is 0 Å². The molecule has 0 bridgehead atoms. The molecule has 2 rings (SSSR count). The molecule has 0 fully saturated rings. The van der Waals surface area contributed by atoms with Crippen LogP contribution in [0.2, 0.25) is 5.02 Å². The molecule has 2 N–H and O–H groups in total. The van der Waals surface area contributed by atoms with E-state index in [2.05, 4.69) is 4.72 Å². The van der Waals surface area contributed by atoms with Crippen molar-refractivity contribution in [2.75, 3.05) is 0 Å². The number of benzene rings is 1. The van der Waals surface area contributed by atoms with Crippen molar-refractivity contribution in [1.29, 1.82) is 0 Å². The minimum Gasteiger partial charge on any atom is -0.481 e. The van der Waals surface area contributed by atoms with E-state index in [-0.39, 0.29) is 16.3 Å². The number of hydrogen-bond donors (Lipinski definition) is 2. The summed E-state index contributed by atoms with van der Waals surface area (Å²) in [4.78, 5) is 10.6. The van der Waals surface area contributed by atoms with Gasteiger partial charge in [0.25, 0.3) is 0 Å². The molecule has 108 valence electrons. The van der Waals surface area contributed by atoms with E-state index in [9.17, 15) is 17.6 Å². The number of nitrogens with one attached hydrogen (secondary N) is 1. The van der Waals surface area contributed by atoms with Crippen LogP contribution < -0.4 is 4.72 Å². The van der Waals surface area contributed by atoms with E-state index in [1.54, 1.807) is 0 Å². The Morgan fingerprint density at radius 1 is 1.40 bits per heavy atom. The molecule has 0 aromatic heterocycles. The van der Waals surface area contributed by atoms with Gasteiger partial charge in [0.1, 0.15) is 5.82 Å². The summed E-state index contributed by atoms with van der Waals surface area (Å²) in [5, 5.41) is 8.53. The lowest BCUT2D eigenvalue weighted by molar-refractivity contribution is -0.140. The Balaban J connectivity index is 2.14. The standard InChI is InChI=1S/C12H11ClFNO4S/c13-10-6-9(3-4-11(10)14)20(18,19)15-8-2-1-7(5-8)12(16)17/h1-4,6-8,15H,5H2,(H,16,17). The third-order valence-corrected chi connectivity index (χ3v) is 4.69. The molecule has 2 atom stereocenters. The number of halogens is 2. The number of carbonyl (C=O) groups is 1. The first kappa shape index (κ1) is 15.0. The van der Waals surface area contributed by atoms with Gasteiger partial charge >= 0.3 is 5.97 Å². The number of hydrogen-bond acceptors (Lipinski definition) is 3. The van der Waals surface area contributed by atoms with Gasteiger partial charge in [-0.1, -0.05) is 23.8 Å². The number of aliphatic carboxylic acids is 1. The van der Waals surface area contributed by atoms with Gasteiger partial charge in [-0.05, 0) is 24.6 Å². The molecule has 0 saturated heterocycles. The van der Waals surface area contributed by atoms with Gasteiger partial charge < -0.3 is 5.11 Å². The van der Waals surface area contributed by atoms with Gasteiger partial charge in [0.2, 0.25) is 10.0 Å². The highest BCUT2D eigenvalue weighted by Gasteiger charge is 2.28. The zero-order valence-corrected chi connectivity index (χ0v) is 11.7. The third-order valence-electron chi connectivity index (χ3n) is 2.91. The largest absolute Gasteiger partial charge is 0.481 e. The second kappa shape index (κ2) is 5.51. The Hall–Kier alpha value is -1.44. The van der Waals surface area contributed by atoms with Gasteiger partial charge in [0, 0.05) is 6.04 Å². The molecule has 0 saturated carbocycles. The molecule has 1 aromatic carbocycles. The molecule has 8 heteroatoms. The van der Waals surface area contributed by atoms with Crippen LogP contribution in [0.3, 0.4) is 0 Å². The van der Waals surface area contributed by atoms with Crippen LogP contribution in [0.25, 0.3) is 0 Å². The van der Waals surface area contributed by atoms with Crippen LogP contribution in [0.5, 0.6) is 0 Å². The number of sulfonamides is 1. The Morgan fingerprint density at radius 2 is 2.10 bits per heavy atom. The van der Waals surface area contributed by atoms with Crippen molar-refractivity contribution in [3.05, 3.63) is 41.2 Å². The Bertz CT molecular complexity index is 674. The van der Waals surface area contributed by atoms with Crippen molar-refractivity contribution in [3.63, 3.8) is 0 Å². The predicted molar refractivity (Wildman–Crippen MR) is 70.4 cm³/mol. The minimum absolute atomic E-state index is 0.142. The van der Waals surface area contributed by atoms with Crippen molar-refractivity contribution in [1.82, 2.24) is 4.72 Å². The van der Waals surface area contributed by atoms with Gasteiger partial charge in [-0.15, -0.1) is 0 Å². The van der Waals surface area contributed by atoms with Crippen LogP contribution in [-0.2, 0) is 14.8 Å². The first-order chi connectivity index (χ1) is 9.29. The monoisotopic (exact) mass is 319 g/mol. The van der Waals surface area contributed by atoms with E-state index in [0.717, 1.165) is 18.2 Å². The van der Waals surface area contributed by atoms with Crippen LogP contribution >= 0.6 is 11.6 Å². The van der Waals surface area contributed by atoms with Crippen LogP contribution in [0.1, 0.15) is 6.42 Å². The van der Waals surface area contributed by atoms with Gasteiger partial charge in [-0.25, -0.2) is 17.5 Å². The smallest absolute Gasteiger partial charge is 0.310 e. The molecule has 0 spiro atoms. The van der Waals surface area contributed by atoms with Crippen LogP contribution in [0, 0.1) is 11.7 Å².